The summed E-state index contributed by atoms with van der Waals surface area (Å²) in [4.78, 5) is 11.2. The molecule has 2 aromatic carbocycles. The summed E-state index contributed by atoms with van der Waals surface area (Å²) in [6.07, 6.45) is 5.57. The molecule has 2 N–H and O–H groups in total. The number of aliphatic hydroxyl groups excluding tert-OH is 1. The second-order valence-electron chi connectivity index (χ2n) is 7.18. The van der Waals surface area contributed by atoms with Crippen LogP contribution in [0.25, 0.3) is 6.08 Å². The fourth-order valence-corrected chi connectivity index (χ4v) is 3.53. The molecule has 0 saturated carbocycles. The lowest BCUT2D eigenvalue weighted by molar-refractivity contribution is -0.134. The van der Waals surface area contributed by atoms with Gasteiger partial charge in [0.25, 0.3) is 0 Å². The second kappa shape index (κ2) is 8.98. The highest BCUT2D eigenvalue weighted by molar-refractivity contribution is 5.86. The molecule has 1 heterocycles. The van der Waals surface area contributed by atoms with Gasteiger partial charge < -0.3 is 15.2 Å². The number of rotatable bonds is 6. The lowest BCUT2D eigenvalue weighted by Crippen LogP contribution is -2.26. The van der Waals surface area contributed by atoms with E-state index < -0.39 is 6.10 Å². The normalized spacial score (nSPS) is 20.7. The highest BCUT2D eigenvalue weighted by Crippen LogP contribution is 2.31. The molecule has 4 heteroatoms. The molecule has 4 nitrogen and oxygen atoms in total. The van der Waals surface area contributed by atoms with Crippen molar-refractivity contribution >= 4 is 12.0 Å². The Morgan fingerprint density at radius 2 is 1.89 bits per heavy atom. The van der Waals surface area contributed by atoms with Gasteiger partial charge in [-0.3, -0.25) is 0 Å². The number of carbonyl (C=O) groups is 1. The molecule has 2 aromatic rings. The number of carbonyl (C=O) groups excluding carboxylic acids is 1. The van der Waals surface area contributed by atoms with Gasteiger partial charge in [0.2, 0.25) is 0 Å². The van der Waals surface area contributed by atoms with E-state index in [1.807, 2.05) is 36.4 Å². The predicted octanol–water partition coefficient (Wildman–Crippen LogP) is 4.10. The van der Waals surface area contributed by atoms with E-state index >= 15 is 0 Å². The van der Waals surface area contributed by atoms with Crippen molar-refractivity contribution in [3.63, 3.8) is 0 Å². The Bertz CT molecular complexity index is 780. The maximum atomic E-state index is 11.2. The van der Waals surface area contributed by atoms with E-state index in [1.165, 1.54) is 24.3 Å². The van der Waals surface area contributed by atoms with Gasteiger partial charge in [0.15, 0.2) is 0 Å². The Labute approximate surface area is 160 Å². The third kappa shape index (κ3) is 5.28. The first-order chi connectivity index (χ1) is 13.0. The summed E-state index contributed by atoms with van der Waals surface area (Å²) in [6, 6.07) is 16.9. The standard InChI is InChI=1S/C23H27NO3/c1-16-3-8-19(9-4-16)22(25)15-20-12-13-21(24-20)18-10-5-17(6-11-18)7-14-23(26)27-2/h3-11,14,20-22,24-25H,12-13,15H2,1-2H3/b14-7+. The first kappa shape index (κ1) is 19.3. The van der Waals surface area contributed by atoms with Gasteiger partial charge in [0, 0.05) is 18.2 Å². The number of hydrogen-bond donors (Lipinski definition) is 2. The molecule has 1 saturated heterocycles. The zero-order chi connectivity index (χ0) is 19.2. The van der Waals surface area contributed by atoms with Crippen LogP contribution in [-0.2, 0) is 9.53 Å². The van der Waals surface area contributed by atoms with Gasteiger partial charge in [0.1, 0.15) is 0 Å². The van der Waals surface area contributed by atoms with Crippen molar-refractivity contribution in [2.45, 2.75) is 44.4 Å². The van der Waals surface area contributed by atoms with Crippen LogP contribution in [0.5, 0.6) is 0 Å². The molecular formula is C23H27NO3. The van der Waals surface area contributed by atoms with Crippen LogP contribution >= 0.6 is 0 Å². The minimum atomic E-state index is -0.437. The fraction of sp³-hybridized carbons (Fsp3) is 0.348. The third-order valence-corrected chi connectivity index (χ3v) is 5.16. The van der Waals surface area contributed by atoms with Gasteiger partial charge in [-0.05, 0) is 49.0 Å². The molecule has 27 heavy (non-hydrogen) atoms. The Morgan fingerprint density at radius 1 is 1.19 bits per heavy atom. The summed E-state index contributed by atoms with van der Waals surface area (Å²) in [6.45, 7) is 2.05. The molecular weight excluding hydrogens is 338 g/mol. The summed E-state index contributed by atoms with van der Waals surface area (Å²) in [5, 5.41) is 14.1. The molecule has 0 amide bonds. The lowest BCUT2D eigenvalue weighted by Gasteiger charge is -2.18. The zero-order valence-electron chi connectivity index (χ0n) is 15.9. The maximum Gasteiger partial charge on any atom is 0.330 e. The molecule has 3 rings (SSSR count). The van der Waals surface area contributed by atoms with E-state index in [-0.39, 0.29) is 5.97 Å². The highest BCUT2D eigenvalue weighted by Gasteiger charge is 2.26. The van der Waals surface area contributed by atoms with Gasteiger partial charge in [-0.25, -0.2) is 4.79 Å². The van der Waals surface area contributed by atoms with Gasteiger partial charge in [0.05, 0.1) is 13.2 Å². The van der Waals surface area contributed by atoms with Gasteiger partial charge in [-0.2, -0.15) is 0 Å². The number of aliphatic hydroxyl groups is 1. The summed E-state index contributed by atoms with van der Waals surface area (Å²) >= 11 is 0. The SMILES string of the molecule is COC(=O)/C=C/c1ccc(C2CCC(CC(O)c3ccc(C)cc3)N2)cc1. The van der Waals surface area contributed by atoms with Crippen molar-refractivity contribution in [2.75, 3.05) is 7.11 Å². The van der Waals surface area contributed by atoms with Gasteiger partial charge >= 0.3 is 5.97 Å². The number of nitrogens with one attached hydrogen (secondary N) is 1. The first-order valence-corrected chi connectivity index (χ1v) is 9.42. The smallest absolute Gasteiger partial charge is 0.330 e. The number of aryl methyl sites for hydroxylation is 1. The number of methoxy groups -OCH3 is 1. The number of esters is 1. The largest absolute Gasteiger partial charge is 0.466 e. The van der Waals surface area contributed by atoms with Crippen molar-refractivity contribution in [2.24, 2.45) is 0 Å². The van der Waals surface area contributed by atoms with Crippen LogP contribution in [0.4, 0.5) is 0 Å². The number of hydrogen-bond acceptors (Lipinski definition) is 4. The van der Waals surface area contributed by atoms with Crippen LogP contribution in [0.2, 0.25) is 0 Å². The summed E-state index contributed by atoms with van der Waals surface area (Å²) in [5.74, 6) is -0.355. The first-order valence-electron chi connectivity index (χ1n) is 9.42. The molecule has 0 aromatic heterocycles. The number of ether oxygens (including phenoxy) is 1. The summed E-state index contributed by atoms with van der Waals surface area (Å²) in [5.41, 5.74) is 4.38. The minimum absolute atomic E-state index is 0.304. The van der Waals surface area contributed by atoms with E-state index in [4.69, 9.17) is 0 Å². The molecule has 3 unspecified atom stereocenters. The maximum absolute atomic E-state index is 11.2. The van der Waals surface area contributed by atoms with E-state index in [9.17, 15) is 9.90 Å². The van der Waals surface area contributed by atoms with Crippen LogP contribution in [-0.4, -0.2) is 24.2 Å². The summed E-state index contributed by atoms with van der Waals surface area (Å²) < 4.78 is 4.60. The average Bonchev–Trinajstić information content (AvgIpc) is 3.15. The van der Waals surface area contributed by atoms with Gasteiger partial charge in [-0.15, -0.1) is 0 Å². The molecule has 1 aliphatic heterocycles. The Balaban J connectivity index is 1.55. The van der Waals surface area contributed by atoms with E-state index in [1.54, 1.807) is 6.08 Å². The summed E-state index contributed by atoms with van der Waals surface area (Å²) in [7, 11) is 1.37. The van der Waals surface area contributed by atoms with E-state index in [0.29, 0.717) is 12.1 Å². The number of benzene rings is 2. The van der Waals surface area contributed by atoms with Crippen LogP contribution in [0, 0.1) is 6.92 Å². The van der Waals surface area contributed by atoms with E-state index in [2.05, 4.69) is 29.1 Å². The van der Waals surface area contributed by atoms with Crippen LogP contribution in [0.1, 0.15) is 53.7 Å². The zero-order valence-corrected chi connectivity index (χ0v) is 15.9. The van der Waals surface area contributed by atoms with Crippen LogP contribution in [0.15, 0.2) is 54.6 Å². The fourth-order valence-electron chi connectivity index (χ4n) is 3.53. The molecule has 1 fully saturated rings. The van der Waals surface area contributed by atoms with Crippen molar-refractivity contribution in [1.29, 1.82) is 0 Å². The van der Waals surface area contributed by atoms with Crippen molar-refractivity contribution < 1.29 is 14.6 Å². The van der Waals surface area contributed by atoms with Crippen molar-refractivity contribution in [3.8, 4) is 0 Å². The average molecular weight is 365 g/mol. The van der Waals surface area contributed by atoms with Crippen LogP contribution in [0.3, 0.4) is 0 Å². The Kier molecular flexibility index (Phi) is 6.43. The molecule has 142 valence electrons. The van der Waals surface area contributed by atoms with Crippen LogP contribution < -0.4 is 5.32 Å². The Morgan fingerprint density at radius 3 is 2.56 bits per heavy atom. The molecule has 1 aliphatic rings. The quantitative estimate of drug-likeness (QED) is 0.598. The molecule has 0 aliphatic carbocycles. The van der Waals surface area contributed by atoms with Gasteiger partial charge in [-0.1, -0.05) is 54.1 Å². The molecule has 3 atom stereocenters. The molecule has 0 bridgehead atoms. The van der Waals surface area contributed by atoms with E-state index in [0.717, 1.165) is 30.4 Å². The second-order valence-corrected chi connectivity index (χ2v) is 7.18. The Hall–Kier alpha value is -2.43. The van der Waals surface area contributed by atoms with Crippen molar-refractivity contribution in [1.82, 2.24) is 5.32 Å². The highest BCUT2D eigenvalue weighted by atomic mass is 16.5. The predicted molar refractivity (Wildman–Crippen MR) is 107 cm³/mol. The lowest BCUT2D eigenvalue weighted by atomic mass is 10.00. The minimum Gasteiger partial charge on any atom is -0.466 e. The third-order valence-electron chi connectivity index (χ3n) is 5.16. The topological polar surface area (TPSA) is 58.6 Å². The monoisotopic (exact) mass is 365 g/mol. The van der Waals surface area contributed by atoms with Crippen molar-refractivity contribution in [3.05, 3.63) is 76.9 Å². The molecule has 0 radical (unpaired) electrons. The molecule has 0 spiro atoms.